The largest absolute Gasteiger partial charge is 0.504 e. The normalized spacial score (nSPS) is 10.1. The molecule has 0 aliphatic rings. The summed E-state index contributed by atoms with van der Waals surface area (Å²) >= 11 is 0. The average molecular weight is 177 g/mol. The van der Waals surface area contributed by atoms with Crippen molar-refractivity contribution in [3.63, 3.8) is 0 Å². The molecule has 66 valence electrons. The molecule has 0 aromatic heterocycles. The SMILES string of the molecule is N#CC=Cc1cc(O)c(O)c(O)c1. The lowest BCUT2D eigenvalue weighted by Crippen LogP contribution is -1.75. The Bertz CT molecular complexity index is 367. The maximum atomic E-state index is 9.05. The van der Waals surface area contributed by atoms with Gasteiger partial charge >= 0.3 is 0 Å². The summed E-state index contributed by atoms with van der Waals surface area (Å²) < 4.78 is 0. The van der Waals surface area contributed by atoms with Crippen LogP contribution in [0.2, 0.25) is 0 Å². The van der Waals surface area contributed by atoms with E-state index in [1.54, 1.807) is 6.07 Å². The molecule has 1 aromatic rings. The van der Waals surface area contributed by atoms with E-state index in [1.165, 1.54) is 24.3 Å². The zero-order valence-corrected chi connectivity index (χ0v) is 6.60. The Morgan fingerprint density at radius 2 is 1.69 bits per heavy atom. The van der Waals surface area contributed by atoms with Crippen LogP contribution in [-0.4, -0.2) is 15.3 Å². The molecule has 0 saturated carbocycles. The van der Waals surface area contributed by atoms with Gasteiger partial charge in [0.1, 0.15) is 0 Å². The first-order chi connectivity index (χ1) is 6.15. The molecule has 1 rings (SSSR count). The van der Waals surface area contributed by atoms with Gasteiger partial charge in [0.25, 0.3) is 0 Å². The van der Waals surface area contributed by atoms with Gasteiger partial charge in [0.2, 0.25) is 0 Å². The molecule has 0 aliphatic heterocycles. The highest BCUT2D eigenvalue weighted by atomic mass is 16.3. The zero-order chi connectivity index (χ0) is 9.84. The van der Waals surface area contributed by atoms with E-state index in [0.717, 1.165) is 0 Å². The van der Waals surface area contributed by atoms with Crippen LogP contribution in [0.15, 0.2) is 18.2 Å². The summed E-state index contributed by atoms with van der Waals surface area (Å²) in [5.41, 5.74) is 0.439. The molecule has 4 heteroatoms. The Morgan fingerprint density at radius 3 is 2.15 bits per heavy atom. The van der Waals surface area contributed by atoms with Gasteiger partial charge in [0.15, 0.2) is 17.2 Å². The average Bonchev–Trinajstić information content (AvgIpc) is 2.10. The predicted molar refractivity (Wildman–Crippen MR) is 46.1 cm³/mol. The summed E-state index contributed by atoms with van der Waals surface area (Å²) in [6.07, 6.45) is 2.60. The number of hydrogen-bond acceptors (Lipinski definition) is 4. The minimum absolute atomic E-state index is 0.419. The molecule has 13 heavy (non-hydrogen) atoms. The van der Waals surface area contributed by atoms with Gasteiger partial charge in [-0.15, -0.1) is 0 Å². The summed E-state index contributed by atoms with van der Waals surface area (Å²) in [7, 11) is 0. The van der Waals surface area contributed by atoms with E-state index < -0.39 is 17.2 Å². The number of nitrogens with zero attached hydrogens (tertiary/aromatic N) is 1. The van der Waals surface area contributed by atoms with Gasteiger partial charge < -0.3 is 15.3 Å². The van der Waals surface area contributed by atoms with Crippen LogP contribution in [0.3, 0.4) is 0 Å². The van der Waals surface area contributed by atoms with Crippen LogP contribution >= 0.6 is 0 Å². The molecule has 0 bridgehead atoms. The third-order valence-corrected chi connectivity index (χ3v) is 1.44. The number of nitriles is 1. The molecule has 3 N–H and O–H groups in total. The maximum absolute atomic E-state index is 9.05. The predicted octanol–water partition coefficient (Wildman–Crippen LogP) is 1.34. The summed E-state index contributed by atoms with van der Waals surface area (Å²) in [5, 5.41) is 35.3. The van der Waals surface area contributed by atoms with Gasteiger partial charge in [0.05, 0.1) is 6.07 Å². The Morgan fingerprint density at radius 1 is 1.15 bits per heavy atom. The first kappa shape index (κ1) is 8.94. The van der Waals surface area contributed by atoms with E-state index in [-0.39, 0.29) is 0 Å². The van der Waals surface area contributed by atoms with Crippen molar-refractivity contribution >= 4 is 6.08 Å². The first-order valence-corrected chi connectivity index (χ1v) is 3.46. The highest BCUT2D eigenvalue weighted by molar-refractivity contribution is 5.61. The van der Waals surface area contributed by atoms with Crippen molar-refractivity contribution in [1.29, 1.82) is 5.26 Å². The van der Waals surface area contributed by atoms with Crippen LogP contribution in [0, 0.1) is 11.3 Å². The lowest BCUT2D eigenvalue weighted by molar-refractivity contribution is 0.368. The van der Waals surface area contributed by atoms with Crippen molar-refractivity contribution in [3.8, 4) is 23.3 Å². The van der Waals surface area contributed by atoms with Crippen LogP contribution in [0.25, 0.3) is 6.08 Å². The Labute approximate surface area is 74.6 Å². The van der Waals surface area contributed by atoms with Crippen LogP contribution in [0.4, 0.5) is 0 Å². The smallest absolute Gasteiger partial charge is 0.200 e. The summed E-state index contributed by atoms with van der Waals surface area (Å²) in [4.78, 5) is 0. The summed E-state index contributed by atoms with van der Waals surface area (Å²) in [5.74, 6) is -1.40. The van der Waals surface area contributed by atoms with Crippen molar-refractivity contribution in [3.05, 3.63) is 23.8 Å². The van der Waals surface area contributed by atoms with Crippen molar-refractivity contribution in [2.24, 2.45) is 0 Å². The van der Waals surface area contributed by atoms with E-state index >= 15 is 0 Å². The fourth-order valence-corrected chi connectivity index (χ4v) is 0.855. The van der Waals surface area contributed by atoms with Crippen LogP contribution < -0.4 is 0 Å². The van der Waals surface area contributed by atoms with Crippen molar-refractivity contribution in [2.45, 2.75) is 0 Å². The highest BCUT2D eigenvalue weighted by Crippen LogP contribution is 2.35. The molecular formula is C9H7NO3. The summed E-state index contributed by atoms with van der Waals surface area (Å²) in [6.45, 7) is 0. The minimum Gasteiger partial charge on any atom is -0.504 e. The second-order valence-electron chi connectivity index (χ2n) is 2.37. The summed E-state index contributed by atoms with van der Waals surface area (Å²) in [6, 6.07) is 4.24. The third-order valence-electron chi connectivity index (χ3n) is 1.44. The number of rotatable bonds is 1. The monoisotopic (exact) mass is 177 g/mol. The number of aromatic hydroxyl groups is 3. The number of phenolic OH excluding ortho intramolecular Hbond substituents is 3. The van der Waals surface area contributed by atoms with E-state index in [9.17, 15) is 0 Å². The minimum atomic E-state index is -0.561. The molecule has 0 fully saturated rings. The zero-order valence-electron chi connectivity index (χ0n) is 6.60. The van der Waals surface area contributed by atoms with Crippen molar-refractivity contribution in [1.82, 2.24) is 0 Å². The molecule has 0 aliphatic carbocycles. The number of benzene rings is 1. The molecule has 0 atom stereocenters. The Hall–Kier alpha value is -2.15. The number of allylic oxidation sites excluding steroid dienone is 1. The third kappa shape index (κ3) is 1.91. The van der Waals surface area contributed by atoms with Gasteiger partial charge in [-0.1, -0.05) is 0 Å². The topological polar surface area (TPSA) is 84.5 Å². The second kappa shape index (κ2) is 3.50. The van der Waals surface area contributed by atoms with E-state index in [2.05, 4.69) is 0 Å². The standard InChI is InChI=1S/C9H7NO3/c10-3-1-2-6-4-7(11)9(13)8(12)5-6/h1-2,4-5,11-13H. The molecule has 0 heterocycles. The highest BCUT2D eigenvalue weighted by Gasteiger charge is 2.05. The number of phenols is 3. The quantitative estimate of drug-likeness (QED) is 0.446. The van der Waals surface area contributed by atoms with E-state index in [4.69, 9.17) is 20.6 Å². The molecule has 4 nitrogen and oxygen atoms in total. The van der Waals surface area contributed by atoms with E-state index in [0.29, 0.717) is 5.56 Å². The van der Waals surface area contributed by atoms with Gasteiger partial charge in [-0.3, -0.25) is 0 Å². The van der Waals surface area contributed by atoms with Gasteiger partial charge in [-0.25, -0.2) is 0 Å². The molecule has 0 unspecified atom stereocenters. The molecule has 0 spiro atoms. The van der Waals surface area contributed by atoms with E-state index in [1.807, 2.05) is 0 Å². The second-order valence-corrected chi connectivity index (χ2v) is 2.37. The maximum Gasteiger partial charge on any atom is 0.200 e. The molecule has 0 amide bonds. The van der Waals surface area contributed by atoms with Gasteiger partial charge in [-0.2, -0.15) is 5.26 Å². The molecule has 0 radical (unpaired) electrons. The molecule has 1 aromatic carbocycles. The fourth-order valence-electron chi connectivity index (χ4n) is 0.855. The Kier molecular flexibility index (Phi) is 2.41. The van der Waals surface area contributed by atoms with Gasteiger partial charge in [0, 0.05) is 6.08 Å². The fraction of sp³-hybridized carbons (Fsp3) is 0. The lowest BCUT2D eigenvalue weighted by Gasteiger charge is -2.01. The van der Waals surface area contributed by atoms with Crippen LogP contribution in [-0.2, 0) is 0 Å². The van der Waals surface area contributed by atoms with Crippen molar-refractivity contribution in [2.75, 3.05) is 0 Å². The first-order valence-electron chi connectivity index (χ1n) is 3.46. The van der Waals surface area contributed by atoms with Crippen LogP contribution in [0.5, 0.6) is 17.2 Å². The van der Waals surface area contributed by atoms with Crippen LogP contribution in [0.1, 0.15) is 5.56 Å². The lowest BCUT2D eigenvalue weighted by atomic mass is 10.1. The van der Waals surface area contributed by atoms with Gasteiger partial charge in [-0.05, 0) is 23.8 Å². The molecular weight excluding hydrogens is 170 g/mol. The van der Waals surface area contributed by atoms with Crippen molar-refractivity contribution < 1.29 is 15.3 Å². The molecule has 0 saturated heterocycles. The Balaban J connectivity index is 3.15. The number of hydrogen-bond donors (Lipinski definition) is 3.